The molecule has 0 aliphatic rings. The first kappa shape index (κ1) is 14.0. The molecule has 2 aromatic rings. The number of aliphatic hydroxyl groups is 1. The number of halogens is 1. The van der Waals surface area contributed by atoms with Crippen LogP contribution in [0.4, 0.5) is 15.0 Å². The van der Waals surface area contributed by atoms with Crippen LogP contribution in [-0.4, -0.2) is 22.8 Å². The molecule has 7 heteroatoms. The molecule has 3 N–H and O–H groups in total. The molecule has 6 nitrogen and oxygen atoms in total. The molecule has 0 aliphatic carbocycles. The number of aromatic nitrogens is 1. The summed E-state index contributed by atoms with van der Waals surface area (Å²) in [5, 5.41) is 18.4. The van der Waals surface area contributed by atoms with Gasteiger partial charge in [0, 0.05) is 12.6 Å². The smallest absolute Gasteiger partial charge is 0.320 e. The first-order valence-corrected chi connectivity index (χ1v) is 5.96. The second kappa shape index (κ2) is 6.16. The van der Waals surface area contributed by atoms with E-state index < -0.39 is 12.1 Å². The van der Waals surface area contributed by atoms with Crippen molar-refractivity contribution in [2.45, 2.75) is 13.0 Å². The number of carbonyl (C=O) groups is 1. The fourth-order valence-corrected chi connectivity index (χ4v) is 1.58. The molecule has 1 aromatic heterocycles. The molecule has 0 fully saturated rings. The minimum Gasteiger partial charge on any atom is -0.387 e. The molecule has 0 unspecified atom stereocenters. The number of hydrogen-bond acceptors (Lipinski definition) is 4. The second-order valence-electron chi connectivity index (χ2n) is 4.23. The molecule has 1 heterocycles. The Kier molecular flexibility index (Phi) is 4.31. The predicted molar refractivity (Wildman–Crippen MR) is 69.6 cm³/mol. The van der Waals surface area contributed by atoms with Crippen LogP contribution in [0.1, 0.15) is 17.4 Å². The van der Waals surface area contributed by atoms with E-state index in [-0.39, 0.29) is 18.2 Å². The highest BCUT2D eigenvalue weighted by atomic mass is 19.1. The van der Waals surface area contributed by atoms with Crippen LogP contribution in [-0.2, 0) is 0 Å². The minimum atomic E-state index is -0.916. The summed E-state index contributed by atoms with van der Waals surface area (Å²) in [6.45, 7) is 1.70. The molecule has 1 atom stereocenters. The summed E-state index contributed by atoms with van der Waals surface area (Å²) in [7, 11) is 0. The van der Waals surface area contributed by atoms with Crippen molar-refractivity contribution in [1.82, 2.24) is 10.5 Å². The van der Waals surface area contributed by atoms with Gasteiger partial charge in [-0.3, -0.25) is 5.32 Å². The maximum atomic E-state index is 12.7. The lowest BCUT2D eigenvalue weighted by Crippen LogP contribution is -2.32. The topological polar surface area (TPSA) is 87.4 Å². The maximum Gasteiger partial charge on any atom is 0.320 e. The lowest BCUT2D eigenvalue weighted by Gasteiger charge is -2.12. The quantitative estimate of drug-likeness (QED) is 0.798. The van der Waals surface area contributed by atoms with E-state index in [2.05, 4.69) is 15.8 Å². The van der Waals surface area contributed by atoms with E-state index in [0.717, 1.165) is 0 Å². The van der Waals surface area contributed by atoms with Gasteiger partial charge in [-0.05, 0) is 24.6 Å². The number of aryl methyl sites for hydroxylation is 1. The van der Waals surface area contributed by atoms with Crippen LogP contribution < -0.4 is 10.6 Å². The van der Waals surface area contributed by atoms with Gasteiger partial charge in [0.2, 0.25) is 0 Å². The first-order chi connectivity index (χ1) is 9.54. The molecular formula is C13H14FN3O3. The number of rotatable bonds is 4. The highest BCUT2D eigenvalue weighted by molar-refractivity contribution is 5.88. The van der Waals surface area contributed by atoms with Crippen molar-refractivity contribution >= 4 is 11.8 Å². The van der Waals surface area contributed by atoms with Gasteiger partial charge in [0.1, 0.15) is 11.6 Å². The minimum absolute atomic E-state index is 0.00566. The van der Waals surface area contributed by atoms with Crippen molar-refractivity contribution in [3.8, 4) is 0 Å². The fourth-order valence-electron chi connectivity index (χ4n) is 1.58. The van der Waals surface area contributed by atoms with Gasteiger partial charge < -0.3 is 14.9 Å². The first-order valence-electron chi connectivity index (χ1n) is 5.96. The summed E-state index contributed by atoms with van der Waals surface area (Å²) in [4.78, 5) is 11.5. The van der Waals surface area contributed by atoms with Crippen LogP contribution >= 0.6 is 0 Å². The molecular weight excluding hydrogens is 265 g/mol. The van der Waals surface area contributed by atoms with E-state index in [4.69, 9.17) is 4.52 Å². The average Bonchev–Trinajstić information content (AvgIpc) is 2.82. The van der Waals surface area contributed by atoms with E-state index in [9.17, 15) is 14.3 Å². The summed E-state index contributed by atoms with van der Waals surface area (Å²) in [5.41, 5.74) is 0.518. The van der Waals surface area contributed by atoms with Crippen molar-refractivity contribution in [3.05, 3.63) is 47.5 Å². The van der Waals surface area contributed by atoms with E-state index >= 15 is 0 Å². The maximum absolute atomic E-state index is 12.7. The molecule has 20 heavy (non-hydrogen) atoms. The van der Waals surface area contributed by atoms with E-state index in [1.54, 1.807) is 13.0 Å². The van der Waals surface area contributed by atoms with Crippen molar-refractivity contribution < 1.29 is 18.8 Å². The summed E-state index contributed by atoms with van der Waals surface area (Å²) in [6.07, 6.45) is -0.916. The Morgan fingerprint density at radius 1 is 1.45 bits per heavy atom. The molecule has 0 saturated carbocycles. The standard InChI is InChI=1S/C13H14FN3O3/c1-8-6-12(17-20-8)16-13(19)15-7-11(18)9-2-4-10(14)5-3-9/h2-6,11,18H,7H2,1H3,(H2,15,16,17,19)/t11-/m0/s1. The number of nitrogens with zero attached hydrogens (tertiary/aromatic N) is 1. The Balaban J connectivity index is 1.82. The van der Waals surface area contributed by atoms with Crippen molar-refractivity contribution in [1.29, 1.82) is 0 Å². The van der Waals surface area contributed by atoms with Gasteiger partial charge in [-0.25, -0.2) is 9.18 Å². The van der Waals surface area contributed by atoms with Gasteiger partial charge in [0.25, 0.3) is 0 Å². The highest BCUT2D eigenvalue weighted by Gasteiger charge is 2.10. The van der Waals surface area contributed by atoms with Gasteiger partial charge in [0.05, 0.1) is 6.10 Å². The van der Waals surface area contributed by atoms with Crippen LogP contribution in [0.2, 0.25) is 0 Å². The number of hydrogen-bond donors (Lipinski definition) is 3. The van der Waals surface area contributed by atoms with Gasteiger partial charge in [-0.2, -0.15) is 0 Å². The Hall–Kier alpha value is -2.41. The third-order valence-corrected chi connectivity index (χ3v) is 2.58. The van der Waals surface area contributed by atoms with Crippen LogP contribution in [0.25, 0.3) is 0 Å². The Labute approximate surface area is 114 Å². The number of benzene rings is 1. The summed E-state index contributed by atoms with van der Waals surface area (Å²) in [6, 6.07) is 6.46. The number of anilines is 1. The monoisotopic (exact) mass is 279 g/mol. The Morgan fingerprint density at radius 3 is 2.75 bits per heavy atom. The number of amides is 2. The normalized spacial score (nSPS) is 11.9. The number of nitrogens with one attached hydrogen (secondary N) is 2. The Morgan fingerprint density at radius 2 is 2.15 bits per heavy atom. The van der Waals surface area contributed by atoms with Gasteiger partial charge in [0.15, 0.2) is 5.82 Å². The summed E-state index contributed by atoms with van der Waals surface area (Å²) >= 11 is 0. The third-order valence-electron chi connectivity index (χ3n) is 2.58. The molecule has 0 radical (unpaired) electrons. The number of carbonyl (C=O) groups excluding carboxylic acids is 1. The van der Waals surface area contributed by atoms with Crippen molar-refractivity contribution in [3.63, 3.8) is 0 Å². The summed E-state index contributed by atoms with van der Waals surface area (Å²) in [5.74, 6) is 0.482. The Bertz CT molecular complexity index is 583. The van der Waals surface area contributed by atoms with Crippen molar-refractivity contribution in [2.75, 3.05) is 11.9 Å². The zero-order valence-corrected chi connectivity index (χ0v) is 10.8. The third kappa shape index (κ3) is 3.79. The second-order valence-corrected chi connectivity index (χ2v) is 4.23. The van der Waals surface area contributed by atoms with Gasteiger partial charge in [-0.15, -0.1) is 0 Å². The molecule has 0 aliphatic heterocycles. The lowest BCUT2D eigenvalue weighted by molar-refractivity contribution is 0.175. The molecule has 106 valence electrons. The van der Waals surface area contributed by atoms with Crippen LogP contribution in [0.5, 0.6) is 0 Å². The highest BCUT2D eigenvalue weighted by Crippen LogP contribution is 2.12. The molecule has 2 amide bonds. The zero-order chi connectivity index (χ0) is 14.5. The van der Waals surface area contributed by atoms with E-state index in [1.165, 1.54) is 24.3 Å². The van der Waals surface area contributed by atoms with Gasteiger partial charge in [-0.1, -0.05) is 17.3 Å². The average molecular weight is 279 g/mol. The SMILES string of the molecule is Cc1cc(NC(=O)NC[C@H](O)c2ccc(F)cc2)no1. The van der Waals surface area contributed by atoms with Crippen LogP contribution in [0, 0.1) is 12.7 Å². The predicted octanol–water partition coefficient (Wildman–Crippen LogP) is 1.98. The van der Waals surface area contributed by atoms with E-state index in [1.807, 2.05) is 0 Å². The number of urea groups is 1. The largest absolute Gasteiger partial charge is 0.387 e. The van der Waals surface area contributed by atoms with Crippen molar-refractivity contribution in [2.24, 2.45) is 0 Å². The van der Waals surface area contributed by atoms with Gasteiger partial charge >= 0.3 is 6.03 Å². The molecule has 1 aromatic carbocycles. The lowest BCUT2D eigenvalue weighted by atomic mass is 10.1. The van der Waals surface area contributed by atoms with E-state index in [0.29, 0.717) is 11.3 Å². The number of aliphatic hydroxyl groups excluding tert-OH is 1. The zero-order valence-electron chi connectivity index (χ0n) is 10.8. The molecule has 2 rings (SSSR count). The van der Waals surface area contributed by atoms with Crippen LogP contribution in [0.3, 0.4) is 0 Å². The fraction of sp³-hybridized carbons (Fsp3) is 0.231. The van der Waals surface area contributed by atoms with Crippen LogP contribution in [0.15, 0.2) is 34.9 Å². The molecule has 0 saturated heterocycles. The molecule has 0 spiro atoms. The summed E-state index contributed by atoms with van der Waals surface area (Å²) < 4.78 is 17.5. The molecule has 0 bridgehead atoms.